The van der Waals surface area contributed by atoms with Gasteiger partial charge >= 0.3 is 0 Å². The van der Waals surface area contributed by atoms with Gasteiger partial charge in [-0.3, -0.25) is 9.69 Å². The lowest BCUT2D eigenvalue weighted by molar-refractivity contribution is -0.129. The van der Waals surface area contributed by atoms with Gasteiger partial charge in [0.05, 0.1) is 19.8 Å². The van der Waals surface area contributed by atoms with Gasteiger partial charge in [-0.05, 0) is 46.5 Å². The molecule has 2 heterocycles. The summed E-state index contributed by atoms with van der Waals surface area (Å²) in [6, 6.07) is 36.0. The number of hydrogen-bond acceptors (Lipinski definition) is 7. The summed E-state index contributed by atoms with van der Waals surface area (Å²) in [5.41, 5.74) is 3.60. The normalized spacial score (nSPS) is 19.7. The molecule has 0 saturated carbocycles. The van der Waals surface area contributed by atoms with E-state index in [1.165, 1.54) is 0 Å². The van der Waals surface area contributed by atoms with Gasteiger partial charge in [0.25, 0.3) is 5.91 Å². The monoisotopic (exact) mass is 619 g/mol. The minimum atomic E-state index is -1.24. The third-order valence-electron chi connectivity index (χ3n) is 8.48. The summed E-state index contributed by atoms with van der Waals surface area (Å²) in [5.74, 6) is 0.944. The maximum Gasteiger partial charge on any atom is 0.252 e. The number of hydrogen-bond donors (Lipinski definition) is 2. The zero-order valence-electron chi connectivity index (χ0n) is 26.0. The molecule has 0 spiro atoms. The van der Waals surface area contributed by atoms with Crippen LogP contribution in [0.2, 0.25) is 0 Å². The second kappa shape index (κ2) is 15.2. The Labute approximate surface area is 270 Å². The minimum absolute atomic E-state index is 0.0778. The van der Waals surface area contributed by atoms with E-state index in [2.05, 4.69) is 34.5 Å². The summed E-state index contributed by atoms with van der Waals surface area (Å²) >= 11 is 0. The molecule has 1 saturated heterocycles. The van der Waals surface area contributed by atoms with Gasteiger partial charge in [-0.15, -0.1) is 0 Å². The van der Waals surface area contributed by atoms with E-state index >= 15 is 0 Å². The van der Waals surface area contributed by atoms with Gasteiger partial charge in [-0.2, -0.15) is 0 Å². The SMILES string of the molecule is O=C(NCCN1CCOCC1)[C@]1(Cc2ccccc2)N=C(c2ccc(OCCCO)cc2)O[C@@H]1c1ccc(-c2ccccc2)cc1. The lowest BCUT2D eigenvalue weighted by Gasteiger charge is -2.32. The quantitative estimate of drug-likeness (QED) is 0.203. The van der Waals surface area contributed by atoms with E-state index in [1.54, 1.807) is 0 Å². The Balaban J connectivity index is 1.34. The topological polar surface area (TPSA) is 92.6 Å². The van der Waals surface area contributed by atoms with Crippen LogP contribution in [-0.4, -0.2) is 80.0 Å². The molecule has 238 valence electrons. The van der Waals surface area contributed by atoms with Crippen LogP contribution in [0.5, 0.6) is 5.75 Å². The van der Waals surface area contributed by atoms with Crippen molar-refractivity contribution >= 4 is 11.8 Å². The zero-order chi connectivity index (χ0) is 31.6. The predicted octanol–water partition coefficient (Wildman–Crippen LogP) is 5.06. The molecule has 2 atom stereocenters. The van der Waals surface area contributed by atoms with Crippen molar-refractivity contribution in [1.82, 2.24) is 10.2 Å². The van der Waals surface area contributed by atoms with Crippen LogP contribution in [0.1, 0.15) is 29.2 Å². The van der Waals surface area contributed by atoms with Crippen molar-refractivity contribution < 1.29 is 24.1 Å². The summed E-state index contributed by atoms with van der Waals surface area (Å²) in [6.45, 7) is 4.87. The number of nitrogens with one attached hydrogen (secondary N) is 1. The standard InChI is InChI=1S/C38H41N3O5/c42-24-7-25-45-34-18-16-33(17-19-34)36-40-38(28-29-8-3-1-4-9-29,37(43)39-20-21-41-22-26-44-27-23-41)35(46-36)32-14-12-31(13-15-32)30-10-5-2-6-11-30/h1-6,8-19,35,42H,7,20-28H2,(H,39,43)/t35-,38-/m1/s1. The van der Waals surface area contributed by atoms with Crippen LogP contribution in [0, 0.1) is 0 Å². The van der Waals surface area contributed by atoms with Crippen molar-refractivity contribution in [2.24, 2.45) is 4.99 Å². The highest BCUT2D eigenvalue weighted by Crippen LogP contribution is 2.43. The first-order chi connectivity index (χ1) is 22.6. The fraction of sp³-hybridized carbons (Fsp3) is 0.316. The molecule has 0 aromatic heterocycles. The minimum Gasteiger partial charge on any atom is -0.494 e. The Hall–Kier alpha value is -4.50. The first-order valence-corrected chi connectivity index (χ1v) is 16.0. The maximum atomic E-state index is 14.5. The molecule has 2 aliphatic rings. The molecule has 46 heavy (non-hydrogen) atoms. The average Bonchev–Trinajstić information content (AvgIpc) is 3.50. The molecule has 0 radical (unpaired) electrons. The largest absolute Gasteiger partial charge is 0.494 e. The summed E-state index contributed by atoms with van der Waals surface area (Å²) in [5, 5.41) is 12.3. The van der Waals surface area contributed by atoms with Crippen molar-refractivity contribution in [1.29, 1.82) is 0 Å². The fourth-order valence-electron chi connectivity index (χ4n) is 5.98. The predicted molar refractivity (Wildman–Crippen MR) is 179 cm³/mol. The van der Waals surface area contributed by atoms with Gasteiger partial charge in [0, 0.05) is 51.2 Å². The number of carbonyl (C=O) groups is 1. The first kappa shape index (κ1) is 31.5. The molecule has 8 nitrogen and oxygen atoms in total. The highest BCUT2D eigenvalue weighted by molar-refractivity contribution is 6.01. The van der Waals surface area contributed by atoms with E-state index in [9.17, 15) is 4.79 Å². The zero-order valence-corrected chi connectivity index (χ0v) is 26.0. The second-order valence-electron chi connectivity index (χ2n) is 11.6. The molecule has 2 aliphatic heterocycles. The van der Waals surface area contributed by atoms with E-state index in [1.807, 2.05) is 84.9 Å². The smallest absolute Gasteiger partial charge is 0.252 e. The van der Waals surface area contributed by atoms with Gasteiger partial charge in [0.1, 0.15) is 5.75 Å². The molecule has 2 N–H and O–H groups in total. The third-order valence-corrected chi connectivity index (χ3v) is 8.48. The lowest BCUT2D eigenvalue weighted by Crippen LogP contribution is -2.51. The summed E-state index contributed by atoms with van der Waals surface area (Å²) in [7, 11) is 0. The summed E-state index contributed by atoms with van der Waals surface area (Å²) in [4.78, 5) is 22.0. The maximum absolute atomic E-state index is 14.5. The van der Waals surface area contributed by atoms with Gasteiger partial charge in [0.15, 0.2) is 11.6 Å². The number of carbonyl (C=O) groups excluding carboxylic acids is 1. The molecule has 0 aliphatic carbocycles. The van der Waals surface area contributed by atoms with Crippen LogP contribution in [0.4, 0.5) is 0 Å². The van der Waals surface area contributed by atoms with Crippen LogP contribution in [0.3, 0.4) is 0 Å². The van der Waals surface area contributed by atoms with Gasteiger partial charge < -0.3 is 24.6 Å². The van der Waals surface area contributed by atoms with Crippen LogP contribution < -0.4 is 10.1 Å². The number of rotatable bonds is 13. The molecular weight excluding hydrogens is 578 g/mol. The highest BCUT2D eigenvalue weighted by Gasteiger charge is 2.53. The molecule has 1 fully saturated rings. The lowest BCUT2D eigenvalue weighted by atomic mass is 9.81. The van der Waals surface area contributed by atoms with E-state index in [0.717, 1.165) is 47.5 Å². The molecule has 4 aromatic rings. The number of ether oxygens (including phenoxy) is 3. The number of morpholine rings is 1. The van der Waals surface area contributed by atoms with E-state index in [4.69, 9.17) is 24.3 Å². The Bertz CT molecular complexity index is 1570. The van der Waals surface area contributed by atoms with E-state index < -0.39 is 11.6 Å². The van der Waals surface area contributed by atoms with Crippen molar-refractivity contribution in [3.05, 3.63) is 126 Å². The first-order valence-electron chi connectivity index (χ1n) is 16.0. The molecular formula is C38H41N3O5. The summed E-state index contributed by atoms with van der Waals surface area (Å²) in [6.07, 6.45) is 0.274. The van der Waals surface area contributed by atoms with Gasteiger partial charge in [-0.25, -0.2) is 4.99 Å². The van der Waals surface area contributed by atoms with Crippen LogP contribution in [0.15, 0.2) is 114 Å². The molecule has 6 rings (SSSR count). The number of amides is 1. The Kier molecular flexibility index (Phi) is 10.4. The van der Waals surface area contributed by atoms with Gasteiger partial charge in [-0.1, -0.05) is 84.9 Å². The summed E-state index contributed by atoms with van der Waals surface area (Å²) < 4.78 is 17.9. The molecule has 0 bridgehead atoms. The van der Waals surface area contributed by atoms with Crippen LogP contribution in [-0.2, 0) is 20.7 Å². The van der Waals surface area contributed by atoms with Crippen LogP contribution >= 0.6 is 0 Å². The Morgan fingerprint density at radius 1 is 0.870 bits per heavy atom. The molecule has 1 amide bonds. The molecule has 0 unspecified atom stereocenters. The highest BCUT2D eigenvalue weighted by atomic mass is 16.5. The number of nitrogens with zero attached hydrogens (tertiary/aromatic N) is 2. The van der Waals surface area contributed by atoms with Crippen LogP contribution in [0.25, 0.3) is 11.1 Å². The average molecular weight is 620 g/mol. The van der Waals surface area contributed by atoms with Crippen molar-refractivity contribution in [3.8, 4) is 16.9 Å². The number of aliphatic imine (C=N–C) groups is 1. The van der Waals surface area contributed by atoms with Crippen molar-refractivity contribution in [2.45, 2.75) is 24.5 Å². The fourth-order valence-corrected chi connectivity index (χ4v) is 5.98. The Morgan fingerprint density at radius 2 is 1.52 bits per heavy atom. The van der Waals surface area contributed by atoms with E-state index in [-0.39, 0.29) is 12.5 Å². The second-order valence-corrected chi connectivity index (χ2v) is 11.6. The molecule has 4 aromatic carbocycles. The number of benzene rings is 4. The number of aliphatic hydroxyl groups is 1. The molecule has 8 heteroatoms. The van der Waals surface area contributed by atoms with Gasteiger partial charge in [0.2, 0.25) is 5.90 Å². The van der Waals surface area contributed by atoms with Crippen molar-refractivity contribution in [3.63, 3.8) is 0 Å². The number of aliphatic hydroxyl groups excluding tert-OH is 1. The third kappa shape index (κ3) is 7.48. The van der Waals surface area contributed by atoms with E-state index in [0.29, 0.717) is 50.9 Å². The van der Waals surface area contributed by atoms with Crippen molar-refractivity contribution in [2.75, 3.05) is 52.6 Å². The Morgan fingerprint density at radius 3 is 2.22 bits per heavy atom.